The number of carbonyl (C=O) groups is 2. The van der Waals surface area contributed by atoms with E-state index in [9.17, 15) is 19.1 Å². The molecule has 7 heteroatoms. The number of fused-ring (bicyclic) bond motifs is 1. The van der Waals surface area contributed by atoms with Crippen molar-refractivity contribution in [1.29, 1.82) is 0 Å². The van der Waals surface area contributed by atoms with Crippen molar-refractivity contribution in [2.45, 2.75) is 18.6 Å². The van der Waals surface area contributed by atoms with Gasteiger partial charge in [0.2, 0.25) is 0 Å². The largest absolute Gasteiger partial charge is 0.375 e. The molecule has 1 aliphatic heterocycles. The Hall–Kier alpha value is -2.54. The van der Waals surface area contributed by atoms with Crippen LogP contribution in [0.3, 0.4) is 0 Å². The molecule has 2 heterocycles. The molecule has 1 amide bonds. The third-order valence-corrected chi connectivity index (χ3v) is 6.01. The lowest BCUT2D eigenvalue weighted by Gasteiger charge is -2.22. The number of nitrogens with zero attached hydrogens (tertiary/aromatic N) is 1. The van der Waals surface area contributed by atoms with E-state index in [1.165, 1.54) is 17.0 Å². The van der Waals surface area contributed by atoms with Crippen molar-refractivity contribution >= 4 is 40.3 Å². The first-order valence-corrected chi connectivity index (χ1v) is 9.75. The minimum absolute atomic E-state index is 0.0922. The molecule has 4 rings (SSSR count). The monoisotopic (exact) mass is 415 g/mol. The van der Waals surface area contributed by atoms with Crippen LogP contribution in [-0.4, -0.2) is 16.8 Å². The van der Waals surface area contributed by atoms with E-state index in [4.69, 9.17) is 11.6 Å². The molecule has 0 unspecified atom stereocenters. The van der Waals surface area contributed by atoms with Crippen LogP contribution >= 0.6 is 22.9 Å². The Morgan fingerprint density at radius 1 is 1.14 bits per heavy atom. The average Bonchev–Trinajstić information content (AvgIpc) is 3.19. The van der Waals surface area contributed by atoms with Gasteiger partial charge in [-0.25, -0.2) is 4.39 Å². The number of hydrogen-bond acceptors (Lipinski definition) is 4. The van der Waals surface area contributed by atoms with Crippen LogP contribution in [0.4, 0.5) is 10.1 Å². The molecule has 0 bridgehead atoms. The molecule has 28 heavy (non-hydrogen) atoms. The van der Waals surface area contributed by atoms with E-state index in [0.717, 1.165) is 11.3 Å². The molecule has 1 atom stereocenters. The molecule has 3 aromatic rings. The Bertz CT molecular complexity index is 1080. The van der Waals surface area contributed by atoms with E-state index < -0.39 is 17.3 Å². The van der Waals surface area contributed by atoms with Gasteiger partial charge < -0.3 is 10.0 Å². The van der Waals surface area contributed by atoms with Crippen LogP contribution in [0.5, 0.6) is 0 Å². The van der Waals surface area contributed by atoms with E-state index in [1.54, 1.807) is 48.5 Å². The molecule has 1 N–H and O–H groups in total. The average molecular weight is 416 g/mol. The first-order chi connectivity index (χ1) is 13.4. The standard InChI is InChI=1S/C21H15ClFNO3S/c22-19-9-8-18(28-19)17(25)11-21(27)15-6-1-2-7-16(15)24(20(21)26)12-13-4-3-5-14(23)10-13/h1-10,27H,11-12H2/t21-/m0/s1. The van der Waals surface area contributed by atoms with Crippen molar-refractivity contribution in [3.63, 3.8) is 0 Å². The summed E-state index contributed by atoms with van der Waals surface area (Å²) in [6.07, 6.45) is -0.390. The van der Waals surface area contributed by atoms with Crippen LogP contribution in [0.15, 0.2) is 60.7 Å². The zero-order valence-electron chi connectivity index (χ0n) is 14.6. The lowest BCUT2D eigenvalue weighted by atomic mass is 9.89. The summed E-state index contributed by atoms with van der Waals surface area (Å²) in [4.78, 5) is 27.6. The summed E-state index contributed by atoms with van der Waals surface area (Å²) in [7, 11) is 0. The molecular weight excluding hydrogens is 401 g/mol. The number of aliphatic hydroxyl groups is 1. The quantitative estimate of drug-likeness (QED) is 0.622. The Morgan fingerprint density at radius 2 is 1.93 bits per heavy atom. The van der Waals surface area contributed by atoms with Gasteiger partial charge in [0, 0.05) is 5.56 Å². The maximum atomic E-state index is 13.5. The number of ketones is 1. The van der Waals surface area contributed by atoms with Gasteiger partial charge in [-0.05, 0) is 35.9 Å². The number of rotatable bonds is 5. The first-order valence-electron chi connectivity index (χ1n) is 8.55. The summed E-state index contributed by atoms with van der Waals surface area (Å²) in [6.45, 7) is 0.0922. The molecule has 0 radical (unpaired) electrons. The second-order valence-corrected chi connectivity index (χ2v) is 8.32. The summed E-state index contributed by atoms with van der Waals surface area (Å²) in [6, 6.07) is 15.9. The fraction of sp³-hybridized carbons (Fsp3) is 0.143. The van der Waals surface area contributed by atoms with E-state index in [-0.39, 0.29) is 18.7 Å². The van der Waals surface area contributed by atoms with Crippen molar-refractivity contribution in [1.82, 2.24) is 0 Å². The van der Waals surface area contributed by atoms with Gasteiger partial charge in [0.15, 0.2) is 11.4 Å². The summed E-state index contributed by atoms with van der Waals surface area (Å²) < 4.78 is 14.0. The summed E-state index contributed by atoms with van der Waals surface area (Å²) in [5.41, 5.74) is -0.510. The lowest BCUT2D eigenvalue weighted by molar-refractivity contribution is -0.136. The van der Waals surface area contributed by atoms with Gasteiger partial charge in [0.05, 0.1) is 27.9 Å². The number of Topliss-reactive ketones (excluding diaryl/α,β-unsaturated/α-hetero) is 1. The van der Waals surface area contributed by atoms with Crippen molar-refractivity contribution in [2.24, 2.45) is 0 Å². The highest BCUT2D eigenvalue weighted by molar-refractivity contribution is 7.18. The van der Waals surface area contributed by atoms with E-state index in [1.807, 2.05) is 0 Å². The number of hydrogen-bond donors (Lipinski definition) is 1. The van der Waals surface area contributed by atoms with Crippen LogP contribution in [0.2, 0.25) is 4.34 Å². The van der Waals surface area contributed by atoms with Crippen molar-refractivity contribution in [3.8, 4) is 0 Å². The second-order valence-electron chi connectivity index (χ2n) is 6.60. The van der Waals surface area contributed by atoms with Gasteiger partial charge in [-0.15, -0.1) is 11.3 Å². The minimum Gasteiger partial charge on any atom is -0.375 e. The van der Waals surface area contributed by atoms with Gasteiger partial charge in [-0.2, -0.15) is 0 Å². The SMILES string of the molecule is O=C(C[C@@]1(O)C(=O)N(Cc2cccc(F)c2)c2ccccc21)c1ccc(Cl)s1. The predicted molar refractivity (Wildman–Crippen MR) is 106 cm³/mol. The molecule has 2 aromatic carbocycles. The summed E-state index contributed by atoms with van der Waals surface area (Å²) in [5, 5.41) is 11.2. The maximum Gasteiger partial charge on any atom is 0.264 e. The van der Waals surface area contributed by atoms with Crippen molar-refractivity contribution in [2.75, 3.05) is 4.90 Å². The van der Waals surface area contributed by atoms with Gasteiger partial charge in [-0.3, -0.25) is 9.59 Å². The Balaban J connectivity index is 1.68. The highest BCUT2D eigenvalue weighted by atomic mass is 35.5. The normalized spacial score (nSPS) is 18.4. The van der Waals surface area contributed by atoms with Crippen LogP contribution < -0.4 is 4.90 Å². The van der Waals surface area contributed by atoms with E-state index in [0.29, 0.717) is 26.0 Å². The molecule has 0 aliphatic carbocycles. The third-order valence-electron chi connectivity index (χ3n) is 4.73. The molecule has 4 nitrogen and oxygen atoms in total. The topological polar surface area (TPSA) is 57.6 Å². The molecule has 1 aromatic heterocycles. The van der Waals surface area contributed by atoms with Gasteiger partial charge >= 0.3 is 0 Å². The van der Waals surface area contributed by atoms with E-state index in [2.05, 4.69) is 0 Å². The predicted octanol–water partition coefficient (Wildman–Crippen LogP) is 4.55. The molecule has 0 fully saturated rings. The Kier molecular flexibility index (Phi) is 4.79. The van der Waals surface area contributed by atoms with E-state index >= 15 is 0 Å². The Morgan fingerprint density at radius 3 is 2.64 bits per heavy atom. The summed E-state index contributed by atoms with van der Waals surface area (Å²) >= 11 is 6.99. The summed E-state index contributed by atoms with van der Waals surface area (Å²) in [5.74, 6) is -1.37. The second kappa shape index (κ2) is 7.13. The number of para-hydroxylation sites is 1. The molecule has 1 aliphatic rings. The van der Waals surface area contributed by atoms with Crippen LogP contribution in [0, 0.1) is 5.82 Å². The fourth-order valence-corrected chi connectivity index (χ4v) is 4.42. The molecule has 142 valence electrons. The molecule has 0 saturated carbocycles. The number of halogens is 2. The highest BCUT2D eigenvalue weighted by Gasteiger charge is 2.50. The van der Waals surface area contributed by atoms with Crippen LogP contribution in [0.25, 0.3) is 0 Å². The van der Waals surface area contributed by atoms with Gasteiger partial charge in [0.25, 0.3) is 5.91 Å². The zero-order valence-corrected chi connectivity index (χ0v) is 16.1. The van der Waals surface area contributed by atoms with Crippen LogP contribution in [-0.2, 0) is 16.9 Å². The number of thiophene rings is 1. The van der Waals surface area contributed by atoms with Crippen molar-refractivity contribution < 1.29 is 19.1 Å². The molecular formula is C21H15ClFNO3S. The molecule has 0 spiro atoms. The van der Waals surface area contributed by atoms with Gasteiger partial charge in [-0.1, -0.05) is 41.9 Å². The smallest absolute Gasteiger partial charge is 0.264 e. The Labute approximate surface area is 169 Å². The number of amides is 1. The zero-order chi connectivity index (χ0) is 19.9. The maximum absolute atomic E-state index is 13.5. The number of carbonyl (C=O) groups excluding carboxylic acids is 2. The van der Waals surface area contributed by atoms with Crippen LogP contribution in [0.1, 0.15) is 27.2 Å². The molecule has 0 saturated heterocycles. The van der Waals surface area contributed by atoms with Gasteiger partial charge in [0.1, 0.15) is 5.82 Å². The fourth-order valence-electron chi connectivity index (χ4n) is 3.44. The third kappa shape index (κ3) is 3.24. The highest BCUT2D eigenvalue weighted by Crippen LogP contribution is 2.43. The number of benzene rings is 2. The lowest BCUT2D eigenvalue weighted by Crippen LogP contribution is -2.41. The van der Waals surface area contributed by atoms with Crippen molar-refractivity contribution in [3.05, 3.63) is 86.8 Å². The number of anilines is 1. The first kappa shape index (κ1) is 18.8. The minimum atomic E-state index is -1.97.